The van der Waals surface area contributed by atoms with Gasteiger partial charge in [0, 0.05) is 11.3 Å². The van der Waals surface area contributed by atoms with Gasteiger partial charge in [-0.05, 0) is 24.3 Å². The normalized spacial score (nSPS) is 15.4. The van der Waals surface area contributed by atoms with E-state index in [1.165, 1.54) is 11.3 Å². The molecule has 18 heavy (non-hydrogen) atoms. The molecule has 1 aromatic heterocycles. The second-order valence-electron chi connectivity index (χ2n) is 3.99. The topological polar surface area (TPSA) is 76.3 Å². The van der Waals surface area contributed by atoms with Gasteiger partial charge in [-0.3, -0.25) is 9.59 Å². The van der Waals surface area contributed by atoms with Crippen LogP contribution in [0.5, 0.6) is 0 Å². The van der Waals surface area contributed by atoms with Crippen molar-refractivity contribution in [3.05, 3.63) is 30.7 Å². The first kappa shape index (κ1) is 10.6. The van der Waals surface area contributed by atoms with Crippen LogP contribution in [0.1, 0.15) is 6.42 Å². The Morgan fingerprint density at radius 2 is 1.94 bits per heavy atom. The van der Waals surface area contributed by atoms with Crippen molar-refractivity contribution < 1.29 is 14.0 Å². The third-order valence-electron chi connectivity index (χ3n) is 2.77. The number of ketones is 1. The van der Waals surface area contributed by atoms with Crippen LogP contribution in [0.15, 0.2) is 35.1 Å². The summed E-state index contributed by atoms with van der Waals surface area (Å²) in [6.07, 6.45) is 1.25. The van der Waals surface area contributed by atoms with Gasteiger partial charge in [-0.1, -0.05) is 0 Å². The second kappa shape index (κ2) is 4.06. The number of benzene rings is 1. The Morgan fingerprint density at radius 1 is 1.17 bits per heavy atom. The molecule has 0 aliphatic carbocycles. The number of anilines is 1. The summed E-state index contributed by atoms with van der Waals surface area (Å²) in [5.41, 5.74) is 1.48. The molecule has 6 heteroatoms. The molecule has 1 fully saturated rings. The van der Waals surface area contributed by atoms with Crippen molar-refractivity contribution in [2.75, 3.05) is 11.4 Å². The van der Waals surface area contributed by atoms with Crippen LogP contribution in [0.4, 0.5) is 5.69 Å². The van der Waals surface area contributed by atoms with E-state index in [1.54, 1.807) is 24.3 Å². The molecule has 2 heterocycles. The molecule has 1 aliphatic rings. The first-order chi connectivity index (χ1) is 8.74. The molecule has 2 aromatic rings. The fourth-order valence-electron chi connectivity index (χ4n) is 1.90. The molecule has 0 saturated carbocycles. The van der Waals surface area contributed by atoms with Crippen molar-refractivity contribution >= 4 is 17.4 Å². The summed E-state index contributed by atoms with van der Waals surface area (Å²) >= 11 is 0. The number of Topliss-reactive ketones (excluding diaryl/α,β-unsaturated/α-hetero) is 1. The van der Waals surface area contributed by atoms with E-state index < -0.39 is 0 Å². The number of rotatable bonds is 2. The van der Waals surface area contributed by atoms with Crippen LogP contribution in [-0.2, 0) is 9.59 Å². The Hall–Kier alpha value is -2.50. The zero-order chi connectivity index (χ0) is 12.5. The molecule has 6 nitrogen and oxygen atoms in total. The highest BCUT2D eigenvalue weighted by Gasteiger charge is 2.28. The van der Waals surface area contributed by atoms with Crippen LogP contribution in [0.3, 0.4) is 0 Å². The molecule has 0 unspecified atom stereocenters. The van der Waals surface area contributed by atoms with Crippen molar-refractivity contribution in [2.24, 2.45) is 0 Å². The highest BCUT2D eigenvalue weighted by molar-refractivity contribution is 6.15. The van der Waals surface area contributed by atoms with Crippen LogP contribution in [0.25, 0.3) is 11.5 Å². The summed E-state index contributed by atoms with van der Waals surface area (Å²) in [5, 5.41) is 7.38. The molecule has 0 atom stereocenters. The van der Waals surface area contributed by atoms with Crippen molar-refractivity contribution in [1.82, 2.24) is 10.2 Å². The van der Waals surface area contributed by atoms with E-state index in [4.69, 9.17) is 4.42 Å². The summed E-state index contributed by atoms with van der Waals surface area (Å²) < 4.78 is 5.07. The van der Waals surface area contributed by atoms with Gasteiger partial charge < -0.3 is 9.32 Å². The molecule has 0 bridgehead atoms. The minimum atomic E-state index is -0.162. The molecule has 0 N–H and O–H groups in total. The zero-order valence-electron chi connectivity index (χ0n) is 9.37. The molecule has 1 aromatic carbocycles. The van der Waals surface area contributed by atoms with Crippen LogP contribution < -0.4 is 4.90 Å². The molecule has 1 amide bonds. The summed E-state index contributed by atoms with van der Waals surface area (Å²) in [5.74, 6) is 0.205. The standard InChI is InChI=1S/C12H9N3O3/c16-10-5-11(17)15(6-10)9-3-1-8(2-4-9)12-14-13-7-18-12/h1-4,7H,5-6H2. The van der Waals surface area contributed by atoms with E-state index in [1.807, 2.05) is 0 Å². The van der Waals surface area contributed by atoms with Gasteiger partial charge in [0.25, 0.3) is 0 Å². The largest absolute Gasteiger partial charge is 0.423 e. The lowest BCUT2D eigenvalue weighted by atomic mass is 10.2. The number of aromatic nitrogens is 2. The van der Waals surface area contributed by atoms with Crippen LogP contribution in [-0.4, -0.2) is 28.4 Å². The third kappa shape index (κ3) is 1.77. The minimum Gasteiger partial charge on any atom is -0.423 e. The van der Waals surface area contributed by atoms with Crippen molar-refractivity contribution in [2.45, 2.75) is 6.42 Å². The number of carbonyl (C=O) groups is 2. The number of hydrogen-bond donors (Lipinski definition) is 0. The number of nitrogens with zero attached hydrogens (tertiary/aromatic N) is 3. The number of hydrogen-bond acceptors (Lipinski definition) is 5. The van der Waals surface area contributed by atoms with Gasteiger partial charge in [-0.15, -0.1) is 10.2 Å². The lowest BCUT2D eigenvalue weighted by Crippen LogP contribution is -2.24. The van der Waals surface area contributed by atoms with Crippen LogP contribution >= 0.6 is 0 Å². The Morgan fingerprint density at radius 3 is 2.50 bits per heavy atom. The first-order valence-corrected chi connectivity index (χ1v) is 5.43. The van der Waals surface area contributed by atoms with Crippen molar-refractivity contribution in [3.8, 4) is 11.5 Å². The van der Waals surface area contributed by atoms with Gasteiger partial charge in [-0.25, -0.2) is 0 Å². The summed E-state index contributed by atoms with van der Waals surface area (Å²) in [6.45, 7) is 0.152. The first-order valence-electron chi connectivity index (χ1n) is 5.43. The van der Waals surface area contributed by atoms with E-state index in [0.29, 0.717) is 11.6 Å². The SMILES string of the molecule is O=C1CC(=O)N(c2ccc(-c3nnco3)cc2)C1. The fraction of sp³-hybridized carbons (Fsp3) is 0.167. The highest BCUT2D eigenvalue weighted by Crippen LogP contribution is 2.23. The summed E-state index contributed by atoms with van der Waals surface area (Å²) in [4.78, 5) is 24.2. The van der Waals surface area contributed by atoms with E-state index in [0.717, 1.165) is 5.56 Å². The highest BCUT2D eigenvalue weighted by atomic mass is 16.4. The average molecular weight is 243 g/mol. The smallest absolute Gasteiger partial charge is 0.247 e. The predicted molar refractivity (Wildman–Crippen MR) is 61.7 cm³/mol. The van der Waals surface area contributed by atoms with Gasteiger partial charge in [0.2, 0.25) is 18.2 Å². The summed E-state index contributed by atoms with van der Waals surface area (Å²) in [7, 11) is 0. The van der Waals surface area contributed by atoms with E-state index >= 15 is 0 Å². The van der Waals surface area contributed by atoms with Gasteiger partial charge in [-0.2, -0.15) is 0 Å². The number of amides is 1. The molecular formula is C12H9N3O3. The maximum Gasteiger partial charge on any atom is 0.247 e. The van der Waals surface area contributed by atoms with Crippen LogP contribution in [0.2, 0.25) is 0 Å². The van der Waals surface area contributed by atoms with Crippen LogP contribution in [0, 0.1) is 0 Å². The number of carbonyl (C=O) groups excluding carboxylic acids is 2. The van der Waals surface area contributed by atoms with E-state index in [9.17, 15) is 9.59 Å². The van der Waals surface area contributed by atoms with E-state index in [-0.39, 0.29) is 24.7 Å². The summed E-state index contributed by atoms with van der Waals surface area (Å²) in [6, 6.07) is 7.07. The second-order valence-corrected chi connectivity index (χ2v) is 3.99. The molecule has 0 radical (unpaired) electrons. The quantitative estimate of drug-likeness (QED) is 0.736. The monoisotopic (exact) mass is 243 g/mol. The van der Waals surface area contributed by atoms with Gasteiger partial charge in [0.05, 0.1) is 13.0 Å². The molecule has 0 spiro atoms. The average Bonchev–Trinajstić information content (AvgIpc) is 2.99. The Balaban J connectivity index is 1.88. The lowest BCUT2D eigenvalue weighted by Gasteiger charge is -2.14. The van der Waals surface area contributed by atoms with Gasteiger partial charge in [0.1, 0.15) is 0 Å². The maximum absolute atomic E-state index is 11.6. The molecule has 3 rings (SSSR count). The minimum absolute atomic E-state index is 0.00852. The Bertz CT molecular complexity index is 590. The zero-order valence-corrected chi connectivity index (χ0v) is 9.37. The fourth-order valence-corrected chi connectivity index (χ4v) is 1.90. The predicted octanol–water partition coefficient (Wildman–Crippen LogP) is 1.04. The lowest BCUT2D eigenvalue weighted by molar-refractivity contribution is -0.121. The van der Waals surface area contributed by atoms with Crippen molar-refractivity contribution in [3.63, 3.8) is 0 Å². The third-order valence-corrected chi connectivity index (χ3v) is 2.77. The van der Waals surface area contributed by atoms with Gasteiger partial charge >= 0.3 is 0 Å². The molecule has 1 saturated heterocycles. The Labute approximate surface area is 102 Å². The Kier molecular flexibility index (Phi) is 2.40. The molecule has 90 valence electrons. The molecule has 1 aliphatic heterocycles. The van der Waals surface area contributed by atoms with Gasteiger partial charge in [0.15, 0.2) is 5.78 Å². The molecular weight excluding hydrogens is 234 g/mol. The van der Waals surface area contributed by atoms with E-state index in [2.05, 4.69) is 10.2 Å². The van der Waals surface area contributed by atoms with Crippen molar-refractivity contribution in [1.29, 1.82) is 0 Å². The maximum atomic E-state index is 11.6.